The number of carbonyl (C=O) groups is 2. The van der Waals surface area contributed by atoms with Gasteiger partial charge in [0.15, 0.2) is 0 Å². The lowest BCUT2D eigenvalue weighted by Gasteiger charge is -2.35. The molecule has 28 heavy (non-hydrogen) atoms. The maximum absolute atomic E-state index is 13.4. The van der Waals surface area contributed by atoms with Crippen molar-refractivity contribution < 1.29 is 14.3 Å². The quantitative estimate of drug-likeness (QED) is 0.709. The summed E-state index contributed by atoms with van der Waals surface area (Å²) < 4.78 is 5.47. The topological polar surface area (TPSA) is 58.6 Å². The van der Waals surface area contributed by atoms with E-state index in [-0.39, 0.29) is 23.5 Å². The van der Waals surface area contributed by atoms with Gasteiger partial charge in [-0.05, 0) is 57.6 Å². The molecule has 6 heteroatoms. The van der Waals surface area contributed by atoms with Crippen molar-refractivity contribution in [2.24, 2.45) is 5.92 Å². The zero-order valence-electron chi connectivity index (χ0n) is 17.4. The fourth-order valence-electron chi connectivity index (χ4n) is 4.24. The van der Waals surface area contributed by atoms with E-state index in [2.05, 4.69) is 5.32 Å². The molecule has 5 nitrogen and oxygen atoms in total. The molecule has 3 rings (SSSR count). The van der Waals surface area contributed by atoms with E-state index in [9.17, 15) is 9.59 Å². The number of esters is 1. The number of hydrogen-bond donors (Lipinski definition) is 1. The number of ether oxygens (including phenoxy) is 1. The minimum atomic E-state index is -0.524. The van der Waals surface area contributed by atoms with E-state index in [1.165, 1.54) is 19.3 Å². The molecule has 2 unspecified atom stereocenters. The van der Waals surface area contributed by atoms with Crippen LogP contribution in [0.5, 0.6) is 0 Å². The van der Waals surface area contributed by atoms with Crippen molar-refractivity contribution in [3.8, 4) is 0 Å². The summed E-state index contributed by atoms with van der Waals surface area (Å²) in [6.07, 6.45) is 5.73. The van der Waals surface area contributed by atoms with Crippen LogP contribution in [-0.4, -0.2) is 40.2 Å². The molecular weight excluding hydrogens is 372 g/mol. The summed E-state index contributed by atoms with van der Waals surface area (Å²) in [5.74, 6) is 0.754. The van der Waals surface area contributed by atoms with E-state index in [4.69, 9.17) is 4.74 Å². The molecule has 1 N–H and O–H groups in total. The highest BCUT2D eigenvalue weighted by atomic mass is 32.2. The van der Waals surface area contributed by atoms with Gasteiger partial charge >= 0.3 is 12.0 Å². The van der Waals surface area contributed by atoms with Crippen LogP contribution in [0.1, 0.15) is 57.1 Å². The zero-order valence-corrected chi connectivity index (χ0v) is 18.2. The van der Waals surface area contributed by atoms with E-state index >= 15 is 0 Å². The lowest BCUT2D eigenvalue weighted by Crippen LogP contribution is -2.50. The lowest BCUT2D eigenvalue weighted by molar-refractivity contribution is -0.151. The molecule has 0 bridgehead atoms. The molecule has 1 heterocycles. The Kier molecular flexibility index (Phi) is 6.91. The largest absolute Gasteiger partial charge is 0.461 e. The summed E-state index contributed by atoms with van der Waals surface area (Å²) in [6.45, 7) is 7.67. The highest BCUT2D eigenvalue weighted by Gasteiger charge is 2.46. The molecule has 1 aromatic carbocycles. The Labute approximate surface area is 172 Å². The molecule has 0 aromatic heterocycles. The SMILES string of the molecule is Cc1cccc(C)c1NC(=O)N1C(C(=O)OC(C)C)CSC1C1CCCCC1. The molecular formula is C22H32N2O3S. The van der Waals surface area contributed by atoms with Crippen LogP contribution < -0.4 is 5.32 Å². The number of para-hydroxylation sites is 1. The average Bonchev–Trinajstić information content (AvgIpc) is 3.10. The first-order chi connectivity index (χ1) is 13.4. The standard InChI is InChI=1S/C22H32N2O3S/c1-14(2)27-21(25)18-13-28-20(17-11-6-5-7-12-17)24(18)22(26)23-19-15(3)9-8-10-16(19)4/h8-10,14,17-18,20H,5-7,11-13H2,1-4H3,(H,23,26). The first-order valence-corrected chi connectivity index (χ1v) is 11.4. The summed E-state index contributed by atoms with van der Waals surface area (Å²) in [7, 11) is 0. The number of amides is 2. The third kappa shape index (κ3) is 4.65. The molecule has 2 amide bonds. The first-order valence-electron chi connectivity index (χ1n) is 10.4. The number of carbonyl (C=O) groups excluding carboxylic acids is 2. The number of nitrogens with one attached hydrogen (secondary N) is 1. The van der Waals surface area contributed by atoms with Crippen LogP contribution in [0.25, 0.3) is 0 Å². The number of anilines is 1. The summed E-state index contributed by atoms with van der Waals surface area (Å²) >= 11 is 1.73. The molecule has 0 radical (unpaired) electrons. The second kappa shape index (κ2) is 9.21. The third-order valence-corrected chi connectivity index (χ3v) is 7.12. The van der Waals surface area contributed by atoms with Crippen LogP contribution in [0, 0.1) is 19.8 Å². The smallest absolute Gasteiger partial charge is 0.330 e. The minimum Gasteiger partial charge on any atom is -0.461 e. The van der Waals surface area contributed by atoms with Crippen molar-refractivity contribution in [2.75, 3.05) is 11.1 Å². The number of rotatable bonds is 4. The van der Waals surface area contributed by atoms with Crippen molar-refractivity contribution >= 4 is 29.4 Å². The number of urea groups is 1. The van der Waals surface area contributed by atoms with Gasteiger partial charge in [0.1, 0.15) is 6.04 Å². The summed E-state index contributed by atoms with van der Waals surface area (Å²) in [5, 5.41) is 3.13. The maximum Gasteiger partial charge on any atom is 0.330 e. The Bertz CT molecular complexity index is 695. The van der Waals surface area contributed by atoms with E-state index in [0.29, 0.717) is 11.7 Å². The van der Waals surface area contributed by atoms with E-state index in [1.807, 2.05) is 45.9 Å². The number of benzene rings is 1. The molecule has 1 aliphatic heterocycles. The van der Waals surface area contributed by atoms with Crippen LogP contribution in [0.3, 0.4) is 0 Å². The van der Waals surface area contributed by atoms with Crippen LogP contribution in [0.2, 0.25) is 0 Å². The monoisotopic (exact) mass is 404 g/mol. The Balaban J connectivity index is 1.84. The summed E-state index contributed by atoms with van der Waals surface area (Å²) in [4.78, 5) is 27.9. The molecule has 1 aliphatic carbocycles. The Morgan fingerprint density at radius 3 is 2.39 bits per heavy atom. The van der Waals surface area contributed by atoms with Gasteiger partial charge in [-0.25, -0.2) is 9.59 Å². The van der Waals surface area contributed by atoms with Crippen molar-refractivity contribution in [3.63, 3.8) is 0 Å². The molecule has 154 valence electrons. The van der Waals surface area contributed by atoms with E-state index in [0.717, 1.165) is 29.7 Å². The van der Waals surface area contributed by atoms with Gasteiger partial charge in [0.2, 0.25) is 0 Å². The van der Waals surface area contributed by atoms with Gasteiger partial charge in [0.25, 0.3) is 0 Å². The first kappa shape index (κ1) is 21.0. The predicted octanol–water partition coefficient (Wildman–Crippen LogP) is 5.11. The van der Waals surface area contributed by atoms with Crippen molar-refractivity contribution in [2.45, 2.75) is 77.3 Å². The molecule has 1 saturated carbocycles. The van der Waals surface area contributed by atoms with Gasteiger partial charge in [-0.3, -0.25) is 4.90 Å². The number of thioether (sulfide) groups is 1. The van der Waals surface area contributed by atoms with Crippen LogP contribution in [-0.2, 0) is 9.53 Å². The van der Waals surface area contributed by atoms with Gasteiger partial charge < -0.3 is 10.1 Å². The Morgan fingerprint density at radius 2 is 1.79 bits per heavy atom. The second-order valence-corrected chi connectivity index (χ2v) is 9.38. The zero-order chi connectivity index (χ0) is 20.3. The number of nitrogens with zero attached hydrogens (tertiary/aromatic N) is 1. The van der Waals surface area contributed by atoms with E-state index < -0.39 is 6.04 Å². The van der Waals surface area contributed by atoms with E-state index in [1.54, 1.807) is 16.7 Å². The van der Waals surface area contributed by atoms with Gasteiger partial charge in [-0.1, -0.05) is 37.5 Å². The summed E-state index contributed by atoms with van der Waals surface area (Å²) in [5.41, 5.74) is 2.88. The highest BCUT2D eigenvalue weighted by Crippen LogP contribution is 2.41. The lowest BCUT2D eigenvalue weighted by atomic mass is 9.88. The van der Waals surface area contributed by atoms with Gasteiger partial charge in [-0.15, -0.1) is 11.8 Å². The van der Waals surface area contributed by atoms with Gasteiger partial charge in [-0.2, -0.15) is 0 Å². The Hall–Kier alpha value is -1.69. The minimum absolute atomic E-state index is 0.0364. The molecule has 0 spiro atoms. The van der Waals surface area contributed by atoms with Crippen molar-refractivity contribution in [1.29, 1.82) is 0 Å². The average molecular weight is 405 g/mol. The van der Waals surface area contributed by atoms with Crippen molar-refractivity contribution in [3.05, 3.63) is 29.3 Å². The van der Waals surface area contributed by atoms with Crippen LogP contribution >= 0.6 is 11.8 Å². The predicted molar refractivity (Wildman–Crippen MR) is 115 cm³/mol. The molecule has 2 atom stereocenters. The second-order valence-electron chi connectivity index (χ2n) is 8.23. The third-order valence-electron chi connectivity index (χ3n) is 5.66. The van der Waals surface area contributed by atoms with Crippen LogP contribution in [0.15, 0.2) is 18.2 Å². The number of aryl methyl sites for hydroxylation is 2. The van der Waals surface area contributed by atoms with Crippen molar-refractivity contribution in [1.82, 2.24) is 4.90 Å². The molecule has 2 aliphatic rings. The van der Waals surface area contributed by atoms with Crippen LogP contribution in [0.4, 0.5) is 10.5 Å². The number of hydrogen-bond acceptors (Lipinski definition) is 4. The van der Waals surface area contributed by atoms with Gasteiger partial charge in [0.05, 0.1) is 11.5 Å². The Morgan fingerprint density at radius 1 is 1.14 bits per heavy atom. The molecule has 1 aromatic rings. The fourth-order valence-corrected chi connectivity index (χ4v) is 5.87. The highest BCUT2D eigenvalue weighted by molar-refractivity contribution is 8.00. The maximum atomic E-state index is 13.4. The molecule has 1 saturated heterocycles. The fraction of sp³-hybridized carbons (Fsp3) is 0.636. The molecule has 2 fully saturated rings. The normalized spacial score (nSPS) is 23.1. The van der Waals surface area contributed by atoms with Gasteiger partial charge in [0, 0.05) is 11.4 Å². The summed E-state index contributed by atoms with van der Waals surface area (Å²) in [6, 6.07) is 5.25.